The molecule has 0 bridgehead atoms. The van der Waals surface area contributed by atoms with Crippen molar-refractivity contribution in [3.63, 3.8) is 0 Å². The SMILES string of the molecule is CC[N-]CC.CC[N-]CC.Cc1cc[c-](C)c1.Cc1cc[c-](C)c1.[Zr+4]. The van der Waals surface area contributed by atoms with Crippen molar-refractivity contribution in [2.75, 3.05) is 26.2 Å². The largest absolute Gasteiger partial charge is 4.00 e. The summed E-state index contributed by atoms with van der Waals surface area (Å²) in [5.41, 5.74) is 5.44. The summed E-state index contributed by atoms with van der Waals surface area (Å²) in [6.45, 7) is 20.5. The Kier molecular flexibility index (Phi) is 25.2. The molecule has 0 N–H and O–H groups in total. The Morgan fingerprint density at radius 2 is 0.960 bits per heavy atom. The molecule has 0 unspecified atom stereocenters. The Bertz CT molecular complexity index is 391. The van der Waals surface area contributed by atoms with Crippen LogP contribution in [0.1, 0.15) is 49.9 Å². The van der Waals surface area contributed by atoms with Crippen molar-refractivity contribution in [2.45, 2.75) is 55.4 Å². The van der Waals surface area contributed by atoms with Crippen molar-refractivity contribution in [1.82, 2.24) is 0 Å². The molecule has 2 nitrogen and oxygen atoms in total. The first-order valence-electron chi connectivity index (χ1n) is 9.07. The molecule has 140 valence electrons. The number of nitrogens with zero attached hydrogens (tertiary/aromatic N) is 2. The summed E-state index contributed by atoms with van der Waals surface area (Å²) < 4.78 is 0. The quantitative estimate of drug-likeness (QED) is 0.483. The summed E-state index contributed by atoms with van der Waals surface area (Å²) in [5, 5.41) is 7.94. The Balaban J connectivity index is -0.000000259. The van der Waals surface area contributed by atoms with Crippen LogP contribution in [0.15, 0.2) is 36.4 Å². The molecule has 25 heavy (non-hydrogen) atoms. The fourth-order valence-corrected chi connectivity index (χ4v) is 1.88. The average molecular weight is 422 g/mol. The Morgan fingerprint density at radius 1 is 0.680 bits per heavy atom. The summed E-state index contributed by atoms with van der Waals surface area (Å²) >= 11 is 0. The third kappa shape index (κ3) is 23.5. The molecule has 0 aliphatic rings. The first kappa shape index (κ1) is 29.3. The monoisotopic (exact) mass is 420 g/mol. The van der Waals surface area contributed by atoms with Crippen LogP contribution >= 0.6 is 0 Å². The number of hydrogen-bond acceptors (Lipinski definition) is 0. The molecular formula is C22H38N2Zr. The smallest absolute Gasteiger partial charge is 0.663 e. The molecule has 0 saturated heterocycles. The average Bonchev–Trinajstić information content (AvgIpc) is 3.10. The van der Waals surface area contributed by atoms with Crippen molar-refractivity contribution in [2.24, 2.45) is 0 Å². The molecule has 0 atom stereocenters. The van der Waals surface area contributed by atoms with E-state index in [1.807, 2.05) is 27.7 Å². The fraction of sp³-hybridized carbons (Fsp3) is 0.545. The molecule has 0 aliphatic heterocycles. The second-order valence-electron chi connectivity index (χ2n) is 5.64. The first-order valence-corrected chi connectivity index (χ1v) is 9.07. The van der Waals surface area contributed by atoms with Crippen LogP contribution in [0.25, 0.3) is 10.6 Å². The molecule has 0 fully saturated rings. The van der Waals surface area contributed by atoms with Gasteiger partial charge in [-0.1, -0.05) is 55.4 Å². The van der Waals surface area contributed by atoms with E-state index in [-0.39, 0.29) is 26.2 Å². The van der Waals surface area contributed by atoms with Crippen LogP contribution in [0.3, 0.4) is 0 Å². The van der Waals surface area contributed by atoms with Crippen LogP contribution in [0.2, 0.25) is 0 Å². The van der Waals surface area contributed by atoms with E-state index in [9.17, 15) is 0 Å². The molecule has 0 heterocycles. The Hall–Kier alpha value is -0.497. The van der Waals surface area contributed by atoms with Crippen molar-refractivity contribution in [3.8, 4) is 0 Å². The van der Waals surface area contributed by atoms with Gasteiger partial charge in [0, 0.05) is 0 Å². The third-order valence-electron chi connectivity index (χ3n) is 3.02. The molecule has 0 spiro atoms. The molecule has 2 aromatic rings. The zero-order valence-corrected chi connectivity index (χ0v) is 20.1. The maximum atomic E-state index is 3.97. The van der Waals surface area contributed by atoms with E-state index in [1.165, 1.54) is 22.3 Å². The summed E-state index contributed by atoms with van der Waals surface area (Å²) in [5.74, 6) is 0. The van der Waals surface area contributed by atoms with E-state index in [4.69, 9.17) is 0 Å². The van der Waals surface area contributed by atoms with E-state index < -0.39 is 0 Å². The second-order valence-corrected chi connectivity index (χ2v) is 5.64. The summed E-state index contributed by atoms with van der Waals surface area (Å²) in [4.78, 5) is 0. The van der Waals surface area contributed by atoms with Gasteiger partial charge in [-0.2, -0.15) is 61.6 Å². The molecular weight excluding hydrogens is 383 g/mol. The molecule has 0 radical (unpaired) electrons. The minimum Gasteiger partial charge on any atom is -0.663 e. The van der Waals surface area contributed by atoms with Crippen LogP contribution in [0.4, 0.5) is 0 Å². The van der Waals surface area contributed by atoms with Crippen molar-refractivity contribution in [1.29, 1.82) is 0 Å². The summed E-state index contributed by atoms with van der Waals surface area (Å²) in [6.07, 6.45) is 0. The summed E-state index contributed by atoms with van der Waals surface area (Å²) in [6, 6.07) is 12.8. The van der Waals surface area contributed by atoms with Gasteiger partial charge in [-0.15, -0.1) is 0 Å². The molecule has 0 aromatic heterocycles. The maximum absolute atomic E-state index is 3.97. The predicted octanol–water partition coefficient (Wildman–Crippen LogP) is 6.84. The van der Waals surface area contributed by atoms with Crippen molar-refractivity contribution in [3.05, 3.63) is 69.3 Å². The molecule has 3 heteroatoms. The van der Waals surface area contributed by atoms with Crippen LogP contribution in [-0.4, -0.2) is 26.2 Å². The van der Waals surface area contributed by atoms with E-state index in [0.29, 0.717) is 0 Å². The Labute approximate surface area is 176 Å². The van der Waals surface area contributed by atoms with Gasteiger partial charge in [0.05, 0.1) is 0 Å². The van der Waals surface area contributed by atoms with Gasteiger partial charge in [0.2, 0.25) is 0 Å². The number of rotatable bonds is 4. The van der Waals surface area contributed by atoms with Crippen LogP contribution in [0.5, 0.6) is 0 Å². The standard InChI is InChI=1S/2C7H9.2C4H10N.Zr/c2*1-6-3-4-7(2)5-6;2*1-3-5-4-2;/h2*3-5H,1-2H3;2*3-4H2,1-2H3;/q4*-1;+4. The van der Waals surface area contributed by atoms with Gasteiger partial charge in [-0.25, -0.2) is 23.3 Å². The topological polar surface area (TPSA) is 28.2 Å². The summed E-state index contributed by atoms with van der Waals surface area (Å²) in [7, 11) is 0. The minimum absolute atomic E-state index is 0. The number of aryl methyl sites for hydroxylation is 4. The fourth-order valence-electron chi connectivity index (χ4n) is 1.88. The van der Waals surface area contributed by atoms with E-state index >= 15 is 0 Å². The van der Waals surface area contributed by atoms with E-state index in [2.05, 4.69) is 74.7 Å². The molecule has 2 aromatic carbocycles. The molecule has 0 saturated carbocycles. The third-order valence-corrected chi connectivity index (χ3v) is 3.02. The minimum atomic E-state index is 0. The van der Waals surface area contributed by atoms with Gasteiger partial charge in [-0.05, 0) is 0 Å². The second kappa shape index (κ2) is 21.5. The van der Waals surface area contributed by atoms with Gasteiger partial charge in [0.15, 0.2) is 0 Å². The van der Waals surface area contributed by atoms with Gasteiger partial charge >= 0.3 is 26.2 Å². The molecule has 0 aliphatic carbocycles. The molecule has 2 rings (SSSR count). The van der Waals surface area contributed by atoms with Gasteiger partial charge in [0.1, 0.15) is 0 Å². The number of hydrogen-bond donors (Lipinski definition) is 0. The Morgan fingerprint density at radius 3 is 1.00 bits per heavy atom. The zero-order valence-electron chi connectivity index (χ0n) is 17.7. The van der Waals surface area contributed by atoms with Crippen molar-refractivity contribution >= 4 is 0 Å². The van der Waals surface area contributed by atoms with Gasteiger partial charge in [-0.3, -0.25) is 0 Å². The van der Waals surface area contributed by atoms with Crippen LogP contribution in [0, 0.1) is 27.7 Å². The van der Waals surface area contributed by atoms with Gasteiger partial charge in [0.25, 0.3) is 0 Å². The van der Waals surface area contributed by atoms with Crippen molar-refractivity contribution < 1.29 is 26.2 Å². The van der Waals surface area contributed by atoms with Crippen LogP contribution < -0.4 is 0 Å². The first-order chi connectivity index (χ1) is 11.4. The zero-order chi connectivity index (χ0) is 18.8. The maximum Gasteiger partial charge on any atom is 4.00 e. The molecule has 0 amide bonds. The van der Waals surface area contributed by atoms with E-state index in [0.717, 1.165) is 26.2 Å². The van der Waals surface area contributed by atoms with E-state index in [1.54, 1.807) is 0 Å². The van der Waals surface area contributed by atoms with Crippen LogP contribution in [-0.2, 0) is 26.2 Å². The predicted molar refractivity (Wildman–Crippen MR) is 112 cm³/mol. The normalized spacial score (nSPS) is 8.64. The van der Waals surface area contributed by atoms with Gasteiger partial charge < -0.3 is 10.6 Å².